The van der Waals surface area contributed by atoms with Crippen LogP contribution < -0.4 is 14.8 Å². The van der Waals surface area contributed by atoms with Gasteiger partial charge in [-0.3, -0.25) is 0 Å². The minimum atomic E-state index is -4.76. The zero-order valence-corrected chi connectivity index (χ0v) is 21.1. The molecule has 1 N–H and O–H groups in total. The number of amides is 2. The minimum absolute atomic E-state index is 0.0282. The molecule has 36 heavy (non-hydrogen) atoms. The number of fused-ring (bicyclic) bond motifs is 1. The maximum absolute atomic E-state index is 13.4. The number of ether oxygens (including phenoxy) is 2. The summed E-state index contributed by atoms with van der Waals surface area (Å²) in [6, 6.07) is 8.48. The normalized spacial score (nSPS) is 15.4. The fourth-order valence-corrected chi connectivity index (χ4v) is 5.06. The lowest BCUT2D eigenvalue weighted by Gasteiger charge is -2.38. The Morgan fingerprint density at radius 3 is 2.42 bits per heavy atom. The van der Waals surface area contributed by atoms with Gasteiger partial charge in [-0.15, -0.1) is 0 Å². The van der Waals surface area contributed by atoms with Gasteiger partial charge in [-0.25, -0.2) is 4.79 Å². The van der Waals surface area contributed by atoms with Gasteiger partial charge in [0.1, 0.15) is 17.3 Å². The number of hydrogen-bond donors (Lipinski definition) is 1. The van der Waals surface area contributed by atoms with Gasteiger partial charge in [0, 0.05) is 34.3 Å². The van der Waals surface area contributed by atoms with E-state index < -0.39 is 29.7 Å². The third-order valence-electron chi connectivity index (χ3n) is 5.95. The van der Waals surface area contributed by atoms with E-state index in [9.17, 15) is 18.0 Å². The van der Waals surface area contributed by atoms with Gasteiger partial charge in [0.25, 0.3) is 0 Å². The first-order valence-corrected chi connectivity index (χ1v) is 11.7. The molecule has 192 valence electrons. The molecule has 4 rings (SSSR count). The molecule has 1 aliphatic heterocycles. The summed E-state index contributed by atoms with van der Waals surface area (Å²) >= 11 is 12.4. The quantitative estimate of drug-likeness (QED) is 0.367. The van der Waals surface area contributed by atoms with E-state index in [-0.39, 0.29) is 12.3 Å². The van der Waals surface area contributed by atoms with Gasteiger partial charge in [-0.2, -0.15) is 13.2 Å². The van der Waals surface area contributed by atoms with E-state index in [1.165, 1.54) is 18.9 Å². The van der Waals surface area contributed by atoms with Crippen molar-refractivity contribution in [3.63, 3.8) is 0 Å². The lowest BCUT2D eigenvalue weighted by atomic mass is 9.87. The molecule has 1 atom stereocenters. The summed E-state index contributed by atoms with van der Waals surface area (Å²) in [5.41, 5.74) is 1.94. The Morgan fingerprint density at radius 1 is 1.11 bits per heavy atom. The SMILES string of the molecule is COc1cc2c(c(OC)c1)C(Cc1cc(Cl)cc(Cl)c1)N(C(=O)Nc1cc(C)oc1C(F)(F)F)CC2. The fourth-order valence-electron chi connectivity index (χ4n) is 4.49. The van der Waals surface area contributed by atoms with E-state index in [0.29, 0.717) is 34.4 Å². The molecule has 0 spiro atoms. The Bertz CT molecular complexity index is 1260. The molecule has 0 fully saturated rings. The first-order valence-electron chi connectivity index (χ1n) is 10.9. The molecule has 3 aromatic rings. The number of anilines is 1. The molecule has 11 heteroatoms. The molecule has 6 nitrogen and oxygen atoms in total. The smallest absolute Gasteiger partial charge is 0.451 e. The molecule has 0 aliphatic carbocycles. The molecule has 1 aliphatic rings. The maximum Gasteiger partial charge on any atom is 0.451 e. The number of alkyl halides is 3. The third-order valence-corrected chi connectivity index (χ3v) is 6.39. The van der Waals surface area contributed by atoms with Crippen LogP contribution in [0.4, 0.5) is 23.7 Å². The minimum Gasteiger partial charge on any atom is -0.497 e. The van der Waals surface area contributed by atoms with E-state index >= 15 is 0 Å². The maximum atomic E-state index is 13.4. The second kappa shape index (κ2) is 10.1. The summed E-state index contributed by atoms with van der Waals surface area (Å²) in [6.45, 7) is 1.62. The number of nitrogens with one attached hydrogen (secondary N) is 1. The van der Waals surface area contributed by atoms with Crippen molar-refractivity contribution in [3.05, 3.63) is 74.7 Å². The van der Waals surface area contributed by atoms with Crippen LogP contribution in [-0.4, -0.2) is 31.7 Å². The van der Waals surface area contributed by atoms with Crippen molar-refractivity contribution in [2.24, 2.45) is 0 Å². The van der Waals surface area contributed by atoms with E-state index in [2.05, 4.69) is 5.32 Å². The van der Waals surface area contributed by atoms with Crippen LogP contribution >= 0.6 is 23.2 Å². The predicted molar refractivity (Wildman–Crippen MR) is 130 cm³/mol. The number of furan rings is 1. The van der Waals surface area contributed by atoms with Crippen LogP contribution in [0.2, 0.25) is 10.0 Å². The number of aryl methyl sites for hydroxylation is 1. The van der Waals surface area contributed by atoms with Crippen molar-refractivity contribution in [2.75, 3.05) is 26.1 Å². The number of urea groups is 1. The van der Waals surface area contributed by atoms with Gasteiger partial charge in [0.15, 0.2) is 0 Å². The lowest BCUT2D eigenvalue weighted by Crippen LogP contribution is -2.43. The molecular formula is C25H23Cl2F3N2O4. The number of carbonyl (C=O) groups is 1. The largest absolute Gasteiger partial charge is 0.497 e. The molecule has 0 bridgehead atoms. The Labute approximate surface area is 215 Å². The highest BCUT2D eigenvalue weighted by Crippen LogP contribution is 2.42. The average Bonchev–Trinajstić information content (AvgIpc) is 3.18. The van der Waals surface area contributed by atoms with Crippen molar-refractivity contribution in [1.29, 1.82) is 0 Å². The molecule has 0 radical (unpaired) electrons. The monoisotopic (exact) mass is 542 g/mol. The number of benzene rings is 2. The standard InChI is InChI=1S/C25H23Cl2F3N2O4/c1-13-6-19(23(36-13)25(28,29)30)31-24(33)32-5-4-15-10-18(34-2)12-21(35-3)22(15)20(32)9-14-7-16(26)11-17(27)8-14/h6-8,10-12,20H,4-5,9H2,1-3H3,(H,31,33). The van der Waals surface area contributed by atoms with Gasteiger partial charge in [-0.05, 0) is 55.2 Å². The van der Waals surface area contributed by atoms with Crippen molar-refractivity contribution in [3.8, 4) is 11.5 Å². The van der Waals surface area contributed by atoms with Crippen LogP contribution in [0.1, 0.15) is 34.3 Å². The highest BCUT2D eigenvalue weighted by molar-refractivity contribution is 6.34. The molecule has 0 saturated heterocycles. The van der Waals surface area contributed by atoms with Gasteiger partial charge in [0.2, 0.25) is 5.76 Å². The first kappa shape index (κ1) is 26.0. The number of nitrogens with zero attached hydrogens (tertiary/aromatic N) is 1. The van der Waals surface area contributed by atoms with Gasteiger partial charge < -0.3 is 24.1 Å². The number of carbonyl (C=O) groups excluding carboxylic acids is 1. The van der Waals surface area contributed by atoms with Crippen molar-refractivity contribution < 1.29 is 31.9 Å². The molecule has 1 unspecified atom stereocenters. The van der Waals surface area contributed by atoms with E-state index in [1.54, 1.807) is 31.4 Å². The molecule has 1 aromatic heterocycles. The first-order chi connectivity index (χ1) is 17.0. The average molecular weight is 543 g/mol. The summed E-state index contributed by atoms with van der Waals surface area (Å²) < 4.78 is 56.2. The van der Waals surface area contributed by atoms with Crippen LogP contribution in [0.5, 0.6) is 11.5 Å². The Hall–Kier alpha value is -3.04. The zero-order valence-electron chi connectivity index (χ0n) is 19.6. The Morgan fingerprint density at radius 2 is 1.81 bits per heavy atom. The highest BCUT2D eigenvalue weighted by atomic mass is 35.5. The molecule has 2 aromatic carbocycles. The molecule has 0 saturated carbocycles. The van der Waals surface area contributed by atoms with E-state index in [4.69, 9.17) is 37.1 Å². The van der Waals surface area contributed by atoms with Gasteiger partial charge in [0.05, 0.1) is 25.9 Å². The van der Waals surface area contributed by atoms with E-state index in [1.807, 2.05) is 6.07 Å². The van der Waals surface area contributed by atoms with Crippen LogP contribution in [0.25, 0.3) is 0 Å². The van der Waals surface area contributed by atoms with Crippen molar-refractivity contribution >= 4 is 34.9 Å². The lowest BCUT2D eigenvalue weighted by molar-refractivity contribution is -0.152. The van der Waals surface area contributed by atoms with Crippen molar-refractivity contribution in [2.45, 2.75) is 32.0 Å². The summed E-state index contributed by atoms with van der Waals surface area (Å²) in [7, 11) is 3.05. The molecular weight excluding hydrogens is 520 g/mol. The van der Waals surface area contributed by atoms with Crippen LogP contribution in [0.15, 0.2) is 40.8 Å². The molecule has 2 heterocycles. The summed E-state index contributed by atoms with van der Waals surface area (Å²) in [4.78, 5) is 14.9. The van der Waals surface area contributed by atoms with Gasteiger partial charge in [-0.1, -0.05) is 23.2 Å². The third kappa shape index (κ3) is 5.37. The van der Waals surface area contributed by atoms with Gasteiger partial charge >= 0.3 is 12.2 Å². The van der Waals surface area contributed by atoms with Crippen LogP contribution in [0, 0.1) is 6.92 Å². The summed E-state index contributed by atoms with van der Waals surface area (Å²) in [5.74, 6) is -0.140. The van der Waals surface area contributed by atoms with Crippen LogP contribution in [-0.2, 0) is 19.0 Å². The predicted octanol–water partition coefficient (Wildman–Crippen LogP) is 7.30. The second-order valence-electron chi connectivity index (χ2n) is 8.37. The second-order valence-corrected chi connectivity index (χ2v) is 9.24. The topological polar surface area (TPSA) is 63.9 Å². The number of methoxy groups -OCH3 is 2. The Balaban J connectivity index is 1.76. The Kier molecular flexibility index (Phi) is 7.33. The fraction of sp³-hybridized carbons (Fsp3) is 0.320. The summed E-state index contributed by atoms with van der Waals surface area (Å²) in [5, 5.41) is 3.24. The summed E-state index contributed by atoms with van der Waals surface area (Å²) in [6.07, 6.45) is -4.03. The number of hydrogen-bond acceptors (Lipinski definition) is 4. The van der Waals surface area contributed by atoms with Crippen molar-refractivity contribution in [1.82, 2.24) is 4.90 Å². The van der Waals surface area contributed by atoms with Crippen LogP contribution in [0.3, 0.4) is 0 Å². The molecule has 2 amide bonds. The highest BCUT2D eigenvalue weighted by Gasteiger charge is 2.40. The zero-order chi connectivity index (χ0) is 26.2. The van der Waals surface area contributed by atoms with E-state index in [0.717, 1.165) is 22.8 Å². The number of rotatable bonds is 5. The number of halogens is 5.